The monoisotopic (exact) mass is 386 g/mol. The van der Waals surface area contributed by atoms with Crippen LogP contribution in [0.15, 0.2) is 54.9 Å². The second-order valence-corrected chi connectivity index (χ2v) is 6.42. The van der Waals surface area contributed by atoms with E-state index in [9.17, 15) is 14.0 Å². The summed E-state index contributed by atoms with van der Waals surface area (Å²) in [4.78, 5) is 27.4. The van der Waals surface area contributed by atoms with E-state index in [1.165, 1.54) is 12.1 Å². The van der Waals surface area contributed by atoms with Gasteiger partial charge in [0.15, 0.2) is 0 Å². The van der Waals surface area contributed by atoms with E-state index in [4.69, 9.17) is 5.11 Å². The van der Waals surface area contributed by atoms with E-state index >= 15 is 0 Å². The van der Waals surface area contributed by atoms with Crippen molar-refractivity contribution < 1.29 is 19.1 Å². The van der Waals surface area contributed by atoms with Crippen molar-refractivity contribution in [1.82, 2.24) is 4.98 Å². The molecular weight excluding hydrogens is 371 g/mol. The SMILES string of the molecule is Cl.O=C(O)c1ccc([C@@H]2C[C@H]2C(=O)Nc2ccc3cnccc3c2)c(F)c1. The molecule has 3 aromatic rings. The van der Waals surface area contributed by atoms with E-state index in [1.807, 2.05) is 24.3 Å². The van der Waals surface area contributed by atoms with Gasteiger partial charge in [-0.25, -0.2) is 9.18 Å². The van der Waals surface area contributed by atoms with E-state index in [2.05, 4.69) is 10.3 Å². The summed E-state index contributed by atoms with van der Waals surface area (Å²) in [7, 11) is 0. The zero-order valence-corrected chi connectivity index (χ0v) is 14.9. The third-order valence-corrected chi connectivity index (χ3v) is 4.68. The third-order valence-electron chi connectivity index (χ3n) is 4.68. The average molecular weight is 387 g/mol. The number of carbonyl (C=O) groups is 2. The molecule has 1 saturated carbocycles. The predicted molar refractivity (Wildman–Crippen MR) is 102 cm³/mol. The number of hydrogen-bond donors (Lipinski definition) is 2. The predicted octanol–water partition coefficient (Wildman–Crippen LogP) is 4.24. The molecule has 0 spiro atoms. The summed E-state index contributed by atoms with van der Waals surface area (Å²) >= 11 is 0. The van der Waals surface area contributed by atoms with Crippen molar-refractivity contribution in [2.24, 2.45) is 5.92 Å². The molecule has 1 aliphatic rings. The molecule has 4 rings (SSSR count). The fraction of sp³-hybridized carbons (Fsp3) is 0.150. The summed E-state index contributed by atoms with van der Waals surface area (Å²) in [6.07, 6.45) is 3.99. The number of rotatable bonds is 4. The molecule has 138 valence electrons. The molecule has 5 nitrogen and oxygen atoms in total. The van der Waals surface area contributed by atoms with Crippen LogP contribution in [-0.2, 0) is 4.79 Å². The van der Waals surface area contributed by atoms with Gasteiger partial charge in [-0.1, -0.05) is 12.1 Å². The van der Waals surface area contributed by atoms with Gasteiger partial charge in [-0.15, -0.1) is 12.4 Å². The van der Waals surface area contributed by atoms with Crippen LogP contribution in [0.3, 0.4) is 0 Å². The topological polar surface area (TPSA) is 79.3 Å². The first-order valence-corrected chi connectivity index (χ1v) is 8.20. The minimum Gasteiger partial charge on any atom is -0.478 e. The molecule has 7 heteroatoms. The standard InChI is InChI=1S/C20H15FN2O3.ClH/c21-18-8-12(20(25)26)2-4-15(18)16-9-17(16)19(24)23-14-3-1-13-10-22-6-5-11(13)7-14;/h1-8,10,16-17H,9H2,(H,23,24)(H,25,26);1H/t16-,17+;/m0./s1. The molecular formula is C20H16ClFN2O3. The Bertz CT molecular complexity index is 1040. The number of halogens is 2. The number of carboxylic acids is 1. The van der Waals surface area contributed by atoms with E-state index in [0.29, 0.717) is 17.7 Å². The Kier molecular flexibility index (Phi) is 5.10. The second kappa shape index (κ2) is 7.32. The number of anilines is 1. The van der Waals surface area contributed by atoms with Crippen LogP contribution >= 0.6 is 12.4 Å². The number of pyridine rings is 1. The number of nitrogens with one attached hydrogen (secondary N) is 1. The Morgan fingerprint density at radius 2 is 1.93 bits per heavy atom. The van der Waals surface area contributed by atoms with Crippen molar-refractivity contribution in [2.45, 2.75) is 12.3 Å². The van der Waals surface area contributed by atoms with Crippen molar-refractivity contribution in [1.29, 1.82) is 0 Å². The van der Waals surface area contributed by atoms with Gasteiger partial charge < -0.3 is 10.4 Å². The smallest absolute Gasteiger partial charge is 0.335 e. The number of carboxylic acid groups (broad SMARTS) is 1. The average Bonchev–Trinajstić information content (AvgIpc) is 3.42. The van der Waals surface area contributed by atoms with Crippen LogP contribution in [0.5, 0.6) is 0 Å². The lowest BCUT2D eigenvalue weighted by Gasteiger charge is -2.07. The van der Waals surface area contributed by atoms with Crippen molar-refractivity contribution >= 4 is 40.7 Å². The first-order valence-electron chi connectivity index (χ1n) is 8.20. The quantitative estimate of drug-likeness (QED) is 0.703. The highest BCUT2D eigenvalue weighted by Crippen LogP contribution is 2.49. The second-order valence-electron chi connectivity index (χ2n) is 6.42. The molecule has 2 N–H and O–H groups in total. The Morgan fingerprint density at radius 1 is 1.11 bits per heavy atom. The van der Waals surface area contributed by atoms with Gasteiger partial charge in [0.2, 0.25) is 5.91 Å². The highest BCUT2D eigenvalue weighted by atomic mass is 35.5. The summed E-state index contributed by atoms with van der Waals surface area (Å²) in [5.74, 6) is -2.45. The summed E-state index contributed by atoms with van der Waals surface area (Å²) in [6.45, 7) is 0. The van der Waals surface area contributed by atoms with Gasteiger partial charge >= 0.3 is 5.97 Å². The summed E-state index contributed by atoms with van der Waals surface area (Å²) in [5.41, 5.74) is 0.972. The van der Waals surface area contributed by atoms with E-state index in [-0.39, 0.29) is 35.7 Å². The van der Waals surface area contributed by atoms with Crippen LogP contribution in [0.1, 0.15) is 28.3 Å². The number of nitrogens with zero attached hydrogens (tertiary/aromatic N) is 1. The minimum absolute atomic E-state index is 0. The van der Waals surface area contributed by atoms with Crippen LogP contribution in [0, 0.1) is 11.7 Å². The van der Waals surface area contributed by atoms with E-state index < -0.39 is 11.8 Å². The molecule has 1 aromatic heterocycles. The molecule has 1 heterocycles. The number of benzene rings is 2. The molecule has 1 aliphatic carbocycles. The molecule has 0 unspecified atom stereocenters. The van der Waals surface area contributed by atoms with Crippen molar-refractivity contribution in [3.05, 3.63) is 71.8 Å². The van der Waals surface area contributed by atoms with Gasteiger partial charge in [0.25, 0.3) is 0 Å². The summed E-state index contributed by atoms with van der Waals surface area (Å²) in [5, 5.41) is 13.7. The lowest BCUT2D eigenvalue weighted by atomic mass is 10.1. The van der Waals surface area contributed by atoms with Gasteiger partial charge in [-0.2, -0.15) is 0 Å². The van der Waals surface area contributed by atoms with Crippen molar-refractivity contribution in [3.63, 3.8) is 0 Å². The Hall–Kier alpha value is -2.99. The van der Waals surface area contributed by atoms with Gasteiger partial charge in [-0.05, 0) is 53.6 Å². The van der Waals surface area contributed by atoms with Crippen LogP contribution < -0.4 is 5.32 Å². The maximum Gasteiger partial charge on any atom is 0.335 e. The molecule has 2 atom stereocenters. The van der Waals surface area contributed by atoms with Crippen molar-refractivity contribution in [3.8, 4) is 0 Å². The largest absolute Gasteiger partial charge is 0.478 e. The van der Waals surface area contributed by atoms with Crippen LogP contribution in [0.4, 0.5) is 10.1 Å². The zero-order chi connectivity index (χ0) is 18.3. The first-order chi connectivity index (χ1) is 12.5. The maximum absolute atomic E-state index is 14.1. The van der Waals surface area contributed by atoms with Crippen LogP contribution in [-0.4, -0.2) is 22.0 Å². The Balaban J connectivity index is 0.00000210. The molecule has 2 aromatic carbocycles. The number of aromatic carboxylic acids is 1. The highest BCUT2D eigenvalue weighted by molar-refractivity contribution is 5.97. The number of hydrogen-bond acceptors (Lipinski definition) is 3. The number of carbonyl (C=O) groups excluding carboxylic acids is 1. The number of aromatic nitrogens is 1. The first kappa shape index (κ1) is 18.8. The number of fused-ring (bicyclic) bond motifs is 1. The van der Waals surface area contributed by atoms with Gasteiger partial charge in [0.1, 0.15) is 5.82 Å². The Labute approximate surface area is 160 Å². The zero-order valence-electron chi connectivity index (χ0n) is 14.1. The van der Waals surface area contributed by atoms with Gasteiger partial charge in [0.05, 0.1) is 5.56 Å². The lowest BCUT2D eigenvalue weighted by molar-refractivity contribution is -0.117. The fourth-order valence-electron chi connectivity index (χ4n) is 3.19. The normalized spacial score (nSPS) is 17.8. The molecule has 0 aliphatic heterocycles. The Morgan fingerprint density at radius 3 is 2.67 bits per heavy atom. The summed E-state index contributed by atoms with van der Waals surface area (Å²) < 4.78 is 14.1. The van der Waals surface area contributed by atoms with Crippen molar-refractivity contribution in [2.75, 3.05) is 5.32 Å². The molecule has 0 bridgehead atoms. The molecule has 0 saturated heterocycles. The van der Waals surface area contributed by atoms with Gasteiger partial charge in [0, 0.05) is 29.4 Å². The molecule has 27 heavy (non-hydrogen) atoms. The number of amides is 1. The van der Waals surface area contributed by atoms with Crippen LogP contribution in [0.2, 0.25) is 0 Å². The van der Waals surface area contributed by atoms with E-state index in [0.717, 1.165) is 16.8 Å². The molecule has 1 amide bonds. The highest BCUT2D eigenvalue weighted by Gasteiger charge is 2.45. The third kappa shape index (κ3) is 3.75. The van der Waals surface area contributed by atoms with E-state index in [1.54, 1.807) is 12.4 Å². The lowest BCUT2D eigenvalue weighted by Crippen LogP contribution is -2.14. The minimum atomic E-state index is -1.17. The summed E-state index contributed by atoms with van der Waals surface area (Å²) in [6, 6.07) is 11.3. The fourth-order valence-corrected chi connectivity index (χ4v) is 3.19. The van der Waals surface area contributed by atoms with Gasteiger partial charge in [-0.3, -0.25) is 9.78 Å². The molecule has 0 radical (unpaired) electrons. The molecule has 1 fully saturated rings. The van der Waals surface area contributed by atoms with Crippen LogP contribution in [0.25, 0.3) is 10.8 Å². The maximum atomic E-state index is 14.1.